The van der Waals surface area contributed by atoms with Gasteiger partial charge in [-0.3, -0.25) is 0 Å². The molecule has 124 valence electrons. The topological polar surface area (TPSA) is 18.5 Å². The zero-order valence-corrected chi connectivity index (χ0v) is 14.5. The predicted octanol–water partition coefficient (Wildman–Crippen LogP) is 5.57. The highest BCUT2D eigenvalue weighted by atomic mass is 16.7. The Kier molecular flexibility index (Phi) is 7.15. The fourth-order valence-electron chi connectivity index (χ4n) is 2.51. The molecule has 2 heteroatoms. The first-order chi connectivity index (χ1) is 11.2. The summed E-state index contributed by atoms with van der Waals surface area (Å²) in [6.07, 6.45) is 2.98. The van der Waals surface area contributed by atoms with Gasteiger partial charge >= 0.3 is 0 Å². The summed E-state index contributed by atoms with van der Waals surface area (Å²) >= 11 is 0. The average Bonchev–Trinajstić information content (AvgIpc) is 2.59. The van der Waals surface area contributed by atoms with Crippen LogP contribution in [0.15, 0.2) is 54.6 Å². The van der Waals surface area contributed by atoms with Gasteiger partial charge in [0.1, 0.15) is 5.75 Å². The van der Waals surface area contributed by atoms with Crippen molar-refractivity contribution in [2.24, 2.45) is 0 Å². The van der Waals surface area contributed by atoms with Crippen LogP contribution in [-0.2, 0) is 11.2 Å². The van der Waals surface area contributed by atoms with Crippen LogP contribution < -0.4 is 4.74 Å². The van der Waals surface area contributed by atoms with Gasteiger partial charge in [0.25, 0.3) is 0 Å². The van der Waals surface area contributed by atoms with Crippen LogP contribution in [0.2, 0.25) is 0 Å². The fourth-order valence-corrected chi connectivity index (χ4v) is 2.51. The molecular weight excluding hydrogens is 284 g/mol. The third-order valence-corrected chi connectivity index (χ3v) is 4.17. The lowest BCUT2D eigenvalue weighted by Gasteiger charge is -2.16. The fraction of sp³-hybridized carbons (Fsp3) is 0.429. The van der Waals surface area contributed by atoms with Crippen molar-refractivity contribution in [1.82, 2.24) is 0 Å². The molecule has 2 rings (SSSR count). The predicted molar refractivity (Wildman–Crippen MR) is 96.0 cm³/mol. The number of rotatable bonds is 9. The van der Waals surface area contributed by atoms with E-state index in [0.717, 1.165) is 25.0 Å². The summed E-state index contributed by atoms with van der Waals surface area (Å²) in [4.78, 5) is 0. The molecule has 0 aliphatic rings. The van der Waals surface area contributed by atoms with Crippen LogP contribution in [0.4, 0.5) is 0 Å². The van der Waals surface area contributed by atoms with Gasteiger partial charge in [0.2, 0.25) is 0 Å². The molecule has 2 aromatic rings. The molecular formula is C21H28O2. The van der Waals surface area contributed by atoms with Crippen LogP contribution in [0.3, 0.4) is 0 Å². The van der Waals surface area contributed by atoms with Crippen molar-refractivity contribution in [3.63, 3.8) is 0 Å². The highest BCUT2D eigenvalue weighted by molar-refractivity contribution is 5.29. The quantitative estimate of drug-likeness (QED) is 0.445. The van der Waals surface area contributed by atoms with Crippen molar-refractivity contribution >= 4 is 0 Å². The molecule has 0 fully saturated rings. The maximum Gasteiger partial charge on any atom is 0.196 e. The molecule has 23 heavy (non-hydrogen) atoms. The second-order valence-corrected chi connectivity index (χ2v) is 6.02. The van der Waals surface area contributed by atoms with E-state index < -0.39 is 0 Å². The normalized spacial score (nSPS) is 13.5. The molecule has 0 radical (unpaired) electrons. The third kappa shape index (κ3) is 6.07. The summed E-state index contributed by atoms with van der Waals surface area (Å²) in [5.74, 6) is 1.46. The largest absolute Gasteiger partial charge is 0.465 e. The first kappa shape index (κ1) is 17.6. The van der Waals surface area contributed by atoms with Gasteiger partial charge in [-0.15, -0.1) is 0 Å². The highest BCUT2D eigenvalue weighted by Gasteiger charge is 2.06. The molecule has 2 atom stereocenters. The molecule has 2 nitrogen and oxygen atoms in total. The standard InChI is InChI=1S/C21H28O2/c1-4-17(2)20-12-14-21(15-13-20)23-18(3)22-16-8-11-19-9-6-5-7-10-19/h5-7,9-10,12-15,17-18H,4,8,11,16H2,1-3H3. The SMILES string of the molecule is CCC(C)c1ccc(OC(C)OCCCc2ccccc2)cc1. The Bertz CT molecular complexity index is 548. The summed E-state index contributed by atoms with van der Waals surface area (Å²) in [5.41, 5.74) is 2.71. The van der Waals surface area contributed by atoms with E-state index in [4.69, 9.17) is 9.47 Å². The smallest absolute Gasteiger partial charge is 0.196 e. The number of benzene rings is 2. The van der Waals surface area contributed by atoms with E-state index in [1.807, 2.05) is 25.1 Å². The van der Waals surface area contributed by atoms with Gasteiger partial charge in [-0.1, -0.05) is 56.3 Å². The number of hydrogen-bond acceptors (Lipinski definition) is 2. The van der Waals surface area contributed by atoms with Crippen LogP contribution in [-0.4, -0.2) is 12.9 Å². The molecule has 2 aromatic carbocycles. The summed E-state index contributed by atoms with van der Waals surface area (Å²) in [5, 5.41) is 0. The Morgan fingerprint density at radius 3 is 2.26 bits per heavy atom. The molecule has 0 amide bonds. The Hall–Kier alpha value is -1.80. The van der Waals surface area contributed by atoms with E-state index in [1.54, 1.807) is 0 Å². The first-order valence-electron chi connectivity index (χ1n) is 8.61. The van der Waals surface area contributed by atoms with Gasteiger partial charge in [0.15, 0.2) is 6.29 Å². The van der Waals surface area contributed by atoms with Crippen molar-refractivity contribution in [3.8, 4) is 5.75 Å². The van der Waals surface area contributed by atoms with E-state index >= 15 is 0 Å². The summed E-state index contributed by atoms with van der Waals surface area (Å²) in [6.45, 7) is 7.11. The van der Waals surface area contributed by atoms with Gasteiger partial charge in [-0.05, 0) is 55.4 Å². The van der Waals surface area contributed by atoms with Gasteiger partial charge in [-0.25, -0.2) is 0 Å². The Morgan fingerprint density at radius 1 is 0.913 bits per heavy atom. The molecule has 2 unspecified atom stereocenters. The van der Waals surface area contributed by atoms with Crippen LogP contribution in [0.1, 0.15) is 50.7 Å². The van der Waals surface area contributed by atoms with Crippen LogP contribution >= 0.6 is 0 Å². The molecule has 0 aliphatic heterocycles. The number of ether oxygens (including phenoxy) is 2. The molecule has 0 N–H and O–H groups in total. The highest BCUT2D eigenvalue weighted by Crippen LogP contribution is 2.22. The molecule has 0 aliphatic carbocycles. The van der Waals surface area contributed by atoms with E-state index in [0.29, 0.717) is 12.5 Å². The summed E-state index contributed by atoms with van der Waals surface area (Å²) < 4.78 is 11.6. The van der Waals surface area contributed by atoms with E-state index in [2.05, 4.69) is 50.2 Å². The molecule has 0 heterocycles. The van der Waals surface area contributed by atoms with E-state index in [-0.39, 0.29) is 6.29 Å². The Morgan fingerprint density at radius 2 is 1.61 bits per heavy atom. The van der Waals surface area contributed by atoms with Gasteiger partial charge in [0.05, 0.1) is 6.61 Å². The minimum absolute atomic E-state index is 0.222. The molecule has 0 saturated heterocycles. The Balaban J connectivity index is 1.69. The second-order valence-electron chi connectivity index (χ2n) is 6.02. The van der Waals surface area contributed by atoms with Gasteiger partial charge < -0.3 is 9.47 Å². The third-order valence-electron chi connectivity index (χ3n) is 4.17. The van der Waals surface area contributed by atoms with E-state index in [9.17, 15) is 0 Å². The molecule has 0 saturated carbocycles. The lowest BCUT2D eigenvalue weighted by Crippen LogP contribution is -2.17. The Labute approximate surface area is 140 Å². The van der Waals surface area contributed by atoms with Gasteiger partial charge in [-0.2, -0.15) is 0 Å². The van der Waals surface area contributed by atoms with Crippen molar-refractivity contribution in [2.45, 2.75) is 52.2 Å². The molecule has 0 aromatic heterocycles. The van der Waals surface area contributed by atoms with Crippen molar-refractivity contribution < 1.29 is 9.47 Å². The van der Waals surface area contributed by atoms with Crippen molar-refractivity contribution in [1.29, 1.82) is 0 Å². The minimum Gasteiger partial charge on any atom is -0.465 e. The number of hydrogen-bond donors (Lipinski definition) is 0. The number of aryl methyl sites for hydroxylation is 1. The van der Waals surface area contributed by atoms with Crippen LogP contribution in [0.5, 0.6) is 5.75 Å². The minimum atomic E-state index is -0.222. The zero-order valence-electron chi connectivity index (χ0n) is 14.5. The van der Waals surface area contributed by atoms with Crippen LogP contribution in [0, 0.1) is 0 Å². The van der Waals surface area contributed by atoms with Crippen LogP contribution in [0.25, 0.3) is 0 Å². The lowest BCUT2D eigenvalue weighted by atomic mass is 9.99. The second kappa shape index (κ2) is 9.36. The lowest BCUT2D eigenvalue weighted by molar-refractivity contribution is -0.0672. The molecule has 0 spiro atoms. The maximum absolute atomic E-state index is 5.81. The van der Waals surface area contributed by atoms with Gasteiger partial charge in [0, 0.05) is 0 Å². The molecule has 0 bridgehead atoms. The van der Waals surface area contributed by atoms with E-state index in [1.165, 1.54) is 11.1 Å². The van der Waals surface area contributed by atoms with Crippen molar-refractivity contribution in [2.75, 3.05) is 6.61 Å². The summed E-state index contributed by atoms with van der Waals surface area (Å²) in [7, 11) is 0. The van der Waals surface area contributed by atoms with Crippen molar-refractivity contribution in [3.05, 3.63) is 65.7 Å². The first-order valence-corrected chi connectivity index (χ1v) is 8.61. The summed E-state index contributed by atoms with van der Waals surface area (Å²) in [6, 6.07) is 18.9. The maximum atomic E-state index is 5.81. The zero-order chi connectivity index (χ0) is 16.5. The monoisotopic (exact) mass is 312 g/mol. The average molecular weight is 312 g/mol.